The molecular weight excluding hydrogens is 280 g/mol. The summed E-state index contributed by atoms with van der Waals surface area (Å²) in [5.74, 6) is 2.62. The fraction of sp³-hybridized carbons (Fsp3) is 0.750. The lowest BCUT2D eigenvalue weighted by Crippen LogP contribution is -2.39. The molecule has 1 aliphatic heterocycles. The third-order valence-electron chi connectivity index (χ3n) is 3.95. The Morgan fingerprint density at radius 2 is 2.38 bits per heavy atom. The standard InChI is InChI=1S/C16H28N4S/c1-5-14-9-18-15(21-14)10-19-16(17-4)20-7-6-13(11-20)8-12(2)3/h9,12-13H,5-8,10-11H2,1-4H3,(H,17,19). The van der Waals surface area contributed by atoms with E-state index in [9.17, 15) is 0 Å². The zero-order valence-electron chi connectivity index (χ0n) is 13.7. The monoisotopic (exact) mass is 308 g/mol. The van der Waals surface area contributed by atoms with Gasteiger partial charge in [0.2, 0.25) is 0 Å². The van der Waals surface area contributed by atoms with Crippen LogP contribution in [0.15, 0.2) is 11.2 Å². The fourth-order valence-electron chi connectivity index (χ4n) is 2.96. The molecule has 5 heteroatoms. The highest BCUT2D eigenvalue weighted by Crippen LogP contribution is 2.23. The molecule has 1 aliphatic rings. The molecule has 21 heavy (non-hydrogen) atoms. The van der Waals surface area contributed by atoms with Crippen molar-refractivity contribution < 1.29 is 0 Å². The van der Waals surface area contributed by atoms with Crippen LogP contribution in [-0.2, 0) is 13.0 Å². The van der Waals surface area contributed by atoms with E-state index in [-0.39, 0.29) is 0 Å². The number of thiazole rings is 1. The first-order chi connectivity index (χ1) is 10.1. The average molecular weight is 308 g/mol. The maximum absolute atomic E-state index is 4.46. The summed E-state index contributed by atoms with van der Waals surface area (Å²) >= 11 is 1.79. The van der Waals surface area contributed by atoms with Crippen LogP contribution in [-0.4, -0.2) is 36.0 Å². The first kappa shape index (κ1) is 16.3. The SMILES string of the molecule is CCc1cnc(CNC(=NC)N2CCC(CC(C)C)C2)s1. The van der Waals surface area contributed by atoms with E-state index in [1.54, 1.807) is 11.3 Å². The molecule has 1 atom stereocenters. The Hall–Kier alpha value is -1.10. The molecule has 0 aliphatic carbocycles. The molecule has 2 rings (SSSR count). The summed E-state index contributed by atoms with van der Waals surface area (Å²) in [5.41, 5.74) is 0. The molecule has 1 fully saturated rings. The molecule has 1 aromatic rings. The molecule has 1 N–H and O–H groups in total. The van der Waals surface area contributed by atoms with Gasteiger partial charge in [0.1, 0.15) is 5.01 Å². The van der Waals surface area contributed by atoms with E-state index in [0.717, 1.165) is 48.9 Å². The molecule has 118 valence electrons. The second-order valence-electron chi connectivity index (χ2n) is 6.20. The Bertz CT molecular complexity index is 467. The zero-order chi connectivity index (χ0) is 15.2. The van der Waals surface area contributed by atoms with Crippen LogP contribution in [0.5, 0.6) is 0 Å². The molecule has 1 saturated heterocycles. The molecule has 4 nitrogen and oxygen atoms in total. The smallest absolute Gasteiger partial charge is 0.194 e. The van der Waals surface area contributed by atoms with Gasteiger partial charge in [-0.1, -0.05) is 20.8 Å². The summed E-state index contributed by atoms with van der Waals surface area (Å²) in [4.78, 5) is 12.6. The maximum Gasteiger partial charge on any atom is 0.194 e. The number of aromatic nitrogens is 1. The van der Waals surface area contributed by atoms with Crippen LogP contribution in [0.1, 0.15) is 43.5 Å². The number of nitrogens with zero attached hydrogens (tertiary/aromatic N) is 3. The van der Waals surface area contributed by atoms with Crippen molar-refractivity contribution in [3.8, 4) is 0 Å². The van der Waals surface area contributed by atoms with Gasteiger partial charge in [0.15, 0.2) is 5.96 Å². The second kappa shape index (κ2) is 7.78. The number of likely N-dealkylation sites (tertiary alicyclic amines) is 1. The second-order valence-corrected chi connectivity index (χ2v) is 7.40. The Morgan fingerprint density at radius 3 is 3.00 bits per heavy atom. The number of nitrogens with one attached hydrogen (secondary N) is 1. The molecule has 0 saturated carbocycles. The van der Waals surface area contributed by atoms with Crippen molar-refractivity contribution >= 4 is 17.3 Å². The Labute approximate surface area is 132 Å². The molecule has 2 heterocycles. The van der Waals surface area contributed by atoms with Crippen molar-refractivity contribution in [2.45, 2.75) is 46.6 Å². The summed E-state index contributed by atoms with van der Waals surface area (Å²) in [6.07, 6.45) is 5.66. The molecule has 0 spiro atoms. The summed E-state index contributed by atoms with van der Waals surface area (Å²) in [6, 6.07) is 0. The molecule has 1 aromatic heterocycles. The lowest BCUT2D eigenvalue weighted by atomic mass is 9.97. The van der Waals surface area contributed by atoms with E-state index >= 15 is 0 Å². The quantitative estimate of drug-likeness (QED) is 0.671. The van der Waals surface area contributed by atoms with Crippen LogP contribution in [0.2, 0.25) is 0 Å². The van der Waals surface area contributed by atoms with Crippen molar-refractivity contribution in [1.29, 1.82) is 0 Å². The highest BCUT2D eigenvalue weighted by atomic mass is 32.1. The van der Waals surface area contributed by atoms with Gasteiger partial charge >= 0.3 is 0 Å². The fourth-order valence-corrected chi connectivity index (χ4v) is 3.77. The van der Waals surface area contributed by atoms with E-state index in [4.69, 9.17) is 0 Å². The van der Waals surface area contributed by atoms with Crippen LogP contribution >= 0.6 is 11.3 Å². The zero-order valence-corrected chi connectivity index (χ0v) is 14.5. The molecule has 0 bridgehead atoms. The third-order valence-corrected chi connectivity index (χ3v) is 5.09. The van der Waals surface area contributed by atoms with Crippen molar-refractivity contribution in [1.82, 2.24) is 15.2 Å². The van der Waals surface area contributed by atoms with Crippen molar-refractivity contribution in [3.63, 3.8) is 0 Å². The Morgan fingerprint density at radius 1 is 1.57 bits per heavy atom. The number of hydrogen-bond donors (Lipinski definition) is 1. The summed E-state index contributed by atoms with van der Waals surface area (Å²) in [6.45, 7) is 9.82. The van der Waals surface area contributed by atoms with E-state index in [2.05, 4.69) is 41.0 Å². The van der Waals surface area contributed by atoms with E-state index < -0.39 is 0 Å². The maximum atomic E-state index is 4.46. The topological polar surface area (TPSA) is 40.5 Å². The van der Waals surface area contributed by atoms with Crippen LogP contribution in [0.3, 0.4) is 0 Å². The third kappa shape index (κ3) is 4.70. The minimum Gasteiger partial charge on any atom is -0.350 e. The van der Waals surface area contributed by atoms with Crippen LogP contribution in [0.4, 0.5) is 0 Å². The lowest BCUT2D eigenvalue weighted by molar-refractivity contribution is 0.403. The first-order valence-corrected chi connectivity index (χ1v) is 8.83. The van der Waals surface area contributed by atoms with E-state index in [1.807, 2.05) is 13.2 Å². The van der Waals surface area contributed by atoms with Crippen LogP contribution < -0.4 is 5.32 Å². The molecular formula is C16H28N4S. The number of aliphatic imine (C=N–C) groups is 1. The molecule has 0 amide bonds. The highest BCUT2D eigenvalue weighted by molar-refractivity contribution is 7.11. The van der Waals surface area contributed by atoms with E-state index in [0.29, 0.717) is 0 Å². The molecule has 1 unspecified atom stereocenters. The van der Waals surface area contributed by atoms with Crippen molar-refractivity contribution in [2.24, 2.45) is 16.8 Å². The van der Waals surface area contributed by atoms with Crippen molar-refractivity contribution in [3.05, 3.63) is 16.1 Å². The van der Waals surface area contributed by atoms with Crippen molar-refractivity contribution in [2.75, 3.05) is 20.1 Å². The van der Waals surface area contributed by atoms with Crippen LogP contribution in [0, 0.1) is 11.8 Å². The van der Waals surface area contributed by atoms with Gasteiger partial charge in [-0.05, 0) is 31.1 Å². The summed E-state index contributed by atoms with van der Waals surface area (Å²) in [5, 5.41) is 4.61. The van der Waals surface area contributed by atoms with Gasteiger partial charge in [0.05, 0.1) is 6.54 Å². The Balaban J connectivity index is 1.83. The number of guanidine groups is 1. The van der Waals surface area contributed by atoms with Gasteiger partial charge in [-0.25, -0.2) is 4.98 Å². The molecule has 0 aromatic carbocycles. The first-order valence-electron chi connectivity index (χ1n) is 8.01. The summed E-state index contributed by atoms with van der Waals surface area (Å²) < 4.78 is 0. The minimum atomic E-state index is 0.780. The largest absolute Gasteiger partial charge is 0.350 e. The highest BCUT2D eigenvalue weighted by Gasteiger charge is 2.25. The van der Waals surface area contributed by atoms with E-state index in [1.165, 1.54) is 17.7 Å². The normalized spacial score (nSPS) is 19.6. The van der Waals surface area contributed by atoms with Gasteiger partial charge in [-0.3, -0.25) is 4.99 Å². The van der Waals surface area contributed by atoms with Gasteiger partial charge < -0.3 is 10.2 Å². The van der Waals surface area contributed by atoms with Gasteiger partial charge in [0, 0.05) is 31.2 Å². The minimum absolute atomic E-state index is 0.780. The number of hydrogen-bond acceptors (Lipinski definition) is 3. The lowest BCUT2D eigenvalue weighted by Gasteiger charge is -2.21. The molecule has 0 radical (unpaired) electrons. The van der Waals surface area contributed by atoms with Gasteiger partial charge in [-0.15, -0.1) is 11.3 Å². The average Bonchev–Trinajstić information content (AvgIpc) is 3.08. The van der Waals surface area contributed by atoms with Gasteiger partial charge in [0.25, 0.3) is 0 Å². The predicted octanol–water partition coefficient (Wildman–Crippen LogP) is 3.15. The van der Waals surface area contributed by atoms with Crippen LogP contribution in [0.25, 0.3) is 0 Å². The summed E-state index contributed by atoms with van der Waals surface area (Å²) in [7, 11) is 1.87. The number of rotatable bonds is 5. The van der Waals surface area contributed by atoms with Gasteiger partial charge in [-0.2, -0.15) is 0 Å². The number of aryl methyl sites for hydroxylation is 1. The predicted molar refractivity (Wildman–Crippen MR) is 90.8 cm³/mol. The Kier molecular flexibility index (Phi) is 6.03.